The van der Waals surface area contributed by atoms with E-state index in [9.17, 15) is 9.59 Å². The molecule has 0 aromatic rings. The second-order valence-electron chi connectivity index (χ2n) is 24.1. The number of nitrogens with zero attached hydrogens (tertiary/aromatic N) is 3. The third-order valence-corrected chi connectivity index (χ3v) is 13.1. The van der Waals surface area contributed by atoms with Crippen molar-refractivity contribution < 1.29 is 9.59 Å². The number of aliphatic imine (C=N–C) groups is 3. The number of hydrogen-bond acceptors (Lipinski definition) is 6. The van der Waals surface area contributed by atoms with Crippen LogP contribution in [0.2, 0.25) is 0 Å². The Bertz CT molecular complexity index is 1440. The first-order chi connectivity index (χ1) is 26.7. The Morgan fingerprint density at radius 1 is 0.552 bits per heavy atom. The maximum absolute atomic E-state index is 14.6. The van der Waals surface area contributed by atoms with Crippen LogP contribution in [0.4, 0.5) is 0 Å². The van der Waals surface area contributed by atoms with Crippen LogP contribution in [0.15, 0.2) is 15.0 Å². The van der Waals surface area contributed by atoms with Crippen LogP contribution >= 0.6 is 0 Å². The van der Waals surface area contributed by atoms with Gasteiger partial charge in [-0.1, -0.05) is 96.4 Å². The summed E-state index contributed by atoms with van der Waals surface area (Å²) in [7, 11) is 0. The second kappa shape index (κ2) is 21.1. The predicted octanol–water partition coefficient (Wildman–Crippen LogP) is 11.2. The molecule has 0 aromatic carbocycles. The normalized spacial score (nSPS) is 31.4. The van der Waals surface area contributed by atoms with Crippen molar-refractivity contribution in [1.82, 2.24) is 16.0 Å². The summed E-state index contributed by atoms with van der Waals surface area (Å²) in [5.41, 5.74) is 3.88. The number of nitrogens with one attached hydrogen (secondary N) is 3. The van der Waals surface area contributed by atoms with Crippen LogP contribution in [0.1, 0.15) is 201 Å². The minimum atomic E-state index is -0.604. The first kappa shape index (κ1) is 50.3. The molecular weight excluding hydrogens is 717 g/mol. The number of carbonyl (C=O) groups excluding carboxylic acids is 2. The molecule has 0 heterocycles. The molecule has 3 N–H and O–H groups in total. The lowest BCUT2D eigenvalue weighted by Gasteiger charge is -2.47. The molecule has 58 heavy (non-hydrogen) atoms. The maximum atomic E-state index is 14.6. The highest BCUT2D eigenvalue weighted by molar-refractivity contribution is 5.88. The van der Waals surface area contributed by atoms with E-state index >= 15 is 0 Å². The molecule has 7 unspecified atom stereocenters. The average molecular weight is 809 g/mol. The summed E-state index contributed by atoms with van der Waals surface area (Å²) in [6, 6.07) is -0.371. The van der Waals surface area contributed by atoms with E-state index in [4.69, 9.17) is 15.0 Å². The molecule has 0 radical (unpaired) electrons. The van der Waals surface area contributed by atoms with Crippen molar-refractivity contribution in [2.24, 2.45) is 59.8 Å². The predicted molar refractivity (Wildman–Crippen MR) is 250 cm³/mol. The van der Waals surface area contributed by atoms with E-state index in [0.717, 1.165) is 103 Å². The van der Waals surface area contributed by atoms with Crippen LogP contribution in [0.25, 0.3) is 0 Å². The summed E-state index contributed by atoms with van der Waals surface area (Å²) in [5, 5.41) is 10.8. The standard InChI is InChI=1S/C50H92N6O2/c1-34(2)20-37(7)51-31-48(14)19-17-18-40(26-48)54-43(45(58)56-42-25-47(12,13)30-50(16,28-42)33-53-39(9)22-36(5)6)23-44(57)55-41-24-46(10,11)29-49(15,27-41)32-52-38(8)21-35(3)4/h34-36,40-43,54H,17-33H2,1-16H3,(H,55,57)(H,56,58). The van der Waals surface area contributed by atoms with Crippen molar-refractivity contribution >= 4 is 28.9 Å². The highest BCUT2D eigenvalue weighted by atomic mass is 16.2. The Morgan fingerprint density at radius 3 is 1.38 bits per heavy atom. The largest absolute Gasteiger partial charge is 0.353 e. The zero-order valence-electron chi connectivity index (χ0n) is 40.7. The van der Waals surface area contributed by atoms with Crippen molar-refractivity contribution in [1.29, 1.82) is 0 Å². The number of hydrogen-bond donors (Lipinski definition) is 3. The van der Waals surface area contributed by atoms with E-state index in [0.29, 0.717) is 17.8 Å². The van der Waals surface area contributed by atoms with Crippen molar-refractivity contribution in [3.63, 3.8) is 0 Å². The SMILES string of the molecule is CC(CC(C)C)=NCC1(C)CCCC(NC(CC(=O)NC2CC(C)(C)CC(C)(CN=C(C)CC(C)C)C2)C(=O)NC2CC(C)(C)CC(C)(CN=C(C)CC(C)C)C2)C1. The van der Waals surface area contributed by atoms with Crippen LogP contribution in [0.5, 0.6) is 0 Å². The van der Waals surface area contributed by atoms with Gasteiger partial charge in [0.25, 0.3) is 0 Å². The van der Waals surface area contributed by atoms with Crippen LogP contribution in [-0.4, -0.2) is 72.8 Å². The third-order valence-electron chi connectivity index (χ3n) is 13.1. The number of rotatable bonds is 19. The van der Waals surface area contributed by atoms with Gasteiger partial charge in [0, 0.05) is 54.9 Å². The summed E-state index contributed by atoms with van der Waals surface area (Å²) < 4.78 is 0. The molecule has 0 aliphatic heterocycles. The molecule has 3 aliphatic rings. The van der Waals surface area contributed by atoms with Gasteiger partial charge in [0.2, 0.25) is 11.8 Å². The molecule has 0 bridgehead atoms. The van der Waals surface area contributed by atoms with Gasteiger partial charge in [-0.25, -0.2) is 0 Å². The molecule has 3 aliphatic carbocycles. The van der Waals surface area contributed by atoms with Crippen LogP contribution in [0.3, 0.4) is 0 Å². The summed E-state index contributed by atoms with van der Waals surface area (Å²) in [5.74, 6) is 1.70. The van der Waals surface area contributed by atoms with Gasteiger partial charge in [-0.05, 0) is 143 Å². The monoisotopic (exact) mass is 809 g/mol. The molecule has 8 nitrogen and oxygen atoms in total. The molecule has 0 aromatic heterocycles. The third kappa shape index (κ3) is 17.9. The minimum Gasteiger partial charge on any atom is -0.353 e. The Hall–Kier alpha value is -2.09. The lowest BCUT2D eigenvalue weighted by molar-refractivity contribution is -0.130. The van der Waals surface area contributed by atoms with Crippen LogP contribution in [-0.2, 0) is 9.59 Å². The van der Waals surface area contributed by atoms with Gasteiger partial charge in [-0.3, -0.25) is 24.6 Å². The maximum Gasteiger partial charge on any atom is 0.237 e. The molecule has 3 saturated carbocycles. The lowest BCUT2D eigenvalue weighted by Crippen LogP contribution is -2.57. The molecule has 3 fully saturated rings. The van der Waals surface area contributed by atoms with Crippen molar-refractivity contribution in [2.45, 2.75) is 225 Å². The fourth-order valence-corrected chi connectivity index (χ4v) is 11.8. The molecule has 7 atom stereocenters. The van der Waals surface area contributed by atoms with E-state index < -0.39 is 6.04 Å². The smallest absolute Gasteiger partial charge is 0.237 e. The average Bonchev–Trinajstić information content (AvgIpc) is 3.03. The minimum absolute atomic E-state index is 0.00452. The van der Waals surface area contributed by atoms with E-state index in [-0.39, 0.29) is 63.4 Å². The number of amides is 2. The Morgan fingerprint density at radius 2 is 0.948 bits per heavy atom. The highest BCUT2D eigenvalue weighted by Crippen LogP contribution is 2.48. The van der Waals surface area contributed by atoms with E-state index in [2.05, 4.69) is 127 Å². The quantitative estimate of drug-likeness (QED) is 0.113. The Kier molecular flexibility index (Phi) is 18.3. The first-order valence-electron chi connectivity index (χ1n) is 23.5. The van der Waals surface area contributed by atoms with Crippen LogP contribution in [0, 0.1) is 44.8 Å². The second-order valence-corrected chi connectivity index (χ2v) is 24.1. The molecule has 0 saturated heterocycles. The fourth-order valence-electron chi connectivity index (χ4n) is 11.8. The number of carbonyl (C=O) groups is 2. The van der Waals surface area contributed by atoms with E-state index in [1.807, 2.05) is 0 Å². The molecular formula is C50H92N6O2. The van der Waals surface area contributed by atoms with Crippen molar-refractivity contribution in [3.8, 4) is 0 Å². The summed E-state index contributed by atoms with van der Waals surface area (Å²) in [4.78, 5) is 44.0. The van der Waals surface area contributed by atoms with E-state index in [1.54, 1.807) is 0 Å². The fraction of sp³-hybridized carbons (Fsp3) is 0.900. The van der Waals surface area contributed by atoms with Gasteiger partial charge < -0.3 is 16.0 Å². The van der Waals surface area contributed by atoms with Crippen molar-refractivity contribution in [2.75, 3.05) is 19.6 Å². The van der Waals surface area contributed by atoms with Gasteiger partial charge in [0.1, 0.15) is 0 Å². The zero-order valence-corrected chi connectivity index (χ0v) is 40.7. The molecule has 0 spiro atoms. The summed E-state index contributed by atoms with van der Waals surface area (Å²) in [6.07, 6.45) is 13.2. The van der Waals surface area contributed by atoms with Gasteiger partial charge in [-0.2, -0.15) is 0 Å². The van der Waals surface area contributed by atoms with Crippen LogP contribution < -0.4 is 16.0 Å². The van der Waals surface area contributed by atoms with E-state index in [1.165, 1.54) is 17.1 Å². The molecule has 3 rings (SSSR count). The van der Waals surface area contributed by atoms with Gasteiger partial charge in [0.05, 0.1) is 12.5 Å². The Labute approximate surface area is 357 Å². The van der Waals surface area contributed by atoms with Gasteiger partial charge in [-0.15, -0.1) is 0 Å². The molecule has 2 amide bonds. The summed E-state index contributed by atoms with van der Waals surface area (Å²) in [6.45, 7) is 38.7. The zero-order chi connectivity index (χ0) is 43.7. The molecule has 8 heteroatoms. The highest BCUT2D eigenvalue weighted by Gasteiger charge is 2.44. The topological polar surface area (TPSA) is 107 Å². The lowest BCUT2D eigenvalue weighted by atomic mass is 9.62. The Balaban J connectivity index is 1.82. The van der Waals surface area contributed by atoms with Crippen molar-refractivity contribution in [3.05, 3.63) is 0 Å². The molecule has 334 valence electrons. The first-order valence-corrected chi connectivity index (χ1v) is 23.5. The van der Waals surface area contributed by atoms with Gasteiger partial charge in [0.15, 0.2) is 0 Å². The summed E-state index contributed by atoms with van der Waals surface area (Å²) >= 11 is 0. The van der Waals surface area contributed by atoms with Gasteiger partial charge >= 0.3 is 0 Å².